The fourth-order valence-corrected chi connectivity index (χ4v) is 2.39. The number of rotatable bonds is 6. The van der Waals surface area contributed by atoms with Gasteiger partial charge in [0.05, 0.1) is 7.11 Å². The van der Waals surface area contributed by atoms with Crippen molar-refractivity contribution in [1.29, 1.82) is 0 Å². The molecule has 20 heavy (non-hydrogen) atoms. The molecule has 0 bridgehead atoms. The second-order valence-electron chi connectivity index (χ2n) is 5.29. The molecular formula is C14H22N4O2. The van der Waals surface area contributed by atoms with Gasteiger partial charge in [-0.1, -0.05) is 6.92 Å². The minimum atomic E-state index is -0.466. The molecule has 1 aromatic rings. The Morgan fingerprint density at radius 3 is 2.75 bits per heavy atom. The third-order valence-electron chi connectivity index (χ3n) is 3.46. The fourth-order valence-electron chi connectivity index (χ4n) is 2.39. The number of hydrogen-bond donors (Lipinski definition) is 1. The lowest BCUT2D eigenvalue weighted by Crippen LogP contribution is -2.29. The average molecular weight is 278 g/mol. The lowest BCUT2D eigenvalue weighted by molar-refractivity contribution is 0.0593. The van der Waals surface area contributed by atoms with Crippen molar-refractivity contribution >= 4 is 11.8 Å². The number of likely N-dealkylation sites (tertiary alicyclic amines) is 1. The summed E-state index contributed by atoms with van der Waals surface area (Å²) < 4.78 is 4.58. The van der Waals surface area contributed by atoms with Gasteiger partial charge in [-0.25, -0.2) is 4.79 Å². The molecule has 6 heteroatoms. The highest BCUT2D eigenvalue weighted by atomic mass is 16.5. The molecule has 1 aliphatic rings. The zero-order valence-corrected chi connectivity index (χ0v) is 12.1. The minimum absolute atomic E-state index is 0.225. The predicted molar refractivity (Wildman–Crippen MR) is 76.7 cm³/mol. The maximum atomic E-state index is 11.2. The normalized spacial score (nSPS) is 16.9. The number of ether oxygens (including phenoxy) is 1. The van der Waals surface area contributed by atoms with E-state index >= 15 is 0 Å². The predicted octanol–water partition coefficient (Wildman–Crippen LogP) is 1.41. The van der Waals surface area contributed by atoms with E-state index in [1.54, 1.807) is 12.1 Å². The molecule has 1 aliphatic heterocycles. The molecule has 1 aromatic heterocycles. The van der Waals surface area contributed by atoms with E-state index < -0.39 is 5.97 Å². The zero-order valence-electron chi connectivity index (χ0n) is 12.1. The fraction of sp³-hybridized carbons (Fsp3) is 0.643. The maximum absolute atomic E-state index is 11.2. The second kappa shape index (κ2) is 7.19. The van der Waals surface area contributed by atoms with Crippen LogP contribution in [-0.4, -0.2) is 54.4 Å². The van der Waals surface area contributed by atoms with Crippen LogP contribution in [0.25, 0.3) is 0 Å². The summed E-state index contributed by atoms with van der Waals surface area (Å²) in [5, 5.41) is 11.1. The second-order valence-corrected chi connectivity index (χ2v) is 5.29. The quantitative estimate of drug-likeness (QED) is 0.794. The monoisotopic (exact) mass is 278 g/mol. The summed E-state index contributed by atoms with van der Waals surface area (Å²) in [6, 6.07) is 3.37. The van der Waals surface area contributed by atoms with Crippen LogP contribution in [-0.2, 0) is 4.74 Å². The molecule has 1 atom stereocenters. The van der Waals surface area contributed by atoms with E-state index in [1.807, 2.05) is 0 Å². The van der Waals surface area contributed by atoms with E-state index in [9.17, 15) is 4.79 Å². The molecule has 0 aliphatic carbocycles. The molecule has 1 saturated heterocycles. The number of carbonyl (C=O) groups excluding carboxylic acids is 1. The van der Waals surface area contributed by atoms with E-state index in [0.717, 1.165) is 13.1 Å². The van der Waals surface area contributed by atoms with Gasteiger partial charge in [0, 0.05) is 13.1 Å². The molecule has 0 spiro atoms. The summed E-state index contributed by atoms with van der Waals surface area (Å²) >= 11 is 0. The van der Waals surface area contributed by atoms with Crippen molar-refractivity contribution in [3.05, 3.63) is 17.8 Å². The summed E-state index contributed by atoms with van der Waals surface area (Å²) in [6.07, 6.45) is 2.64. The SMILES string of the molecule is COC(=O)c1ccc(NCC(C)CN2CCCC2)nn1. The topological polar surface area (TPSA) is 67.3 Å². The maximum Gasteiger partial charge on any atom is 0.358 e. The van der Waals surface area contributed by atoms with Gasteiger partial charge in [-0.2, -0.15) is 0 Å². The van der Waals surface area contributed by atoms with Gasteiger partial charge in [0.2, 0.25) is 0 Å². The zero-order chi connectivity index (χ0) is 14.4. The van der Waals surface area contributed by atoms with Crippen LogP contribution >= 0.6 is 0 Å². The Labute approximate surface area is 119 Å². The average Bonchev–Trinajstić information content (AvgIpc) is 2.97. The number of esters is 1. The van der Waals surface area contributed by atoms with Gasteiger partial charge < -0.3 is 15.0 Å². The number of hydrogen-bond acceptors (Lipinski definition) is 6. The first kappa shape index (κ1) is 14.7. The van der Waals surface area contributed by atoms with Gasteiger partial charge in [0.1, 0.15) is 5.82 Å². The van der Waals surface area contributed by atoms with Crippen LogP contribution in [0.2, 0.25) is 0 Å². The lowest BCUT2D eigenvalue weighted by Gasteiger charge is -2.20. The Hall–Kier alpha value is -1.69. The highest BCUT2D eigenvalue weighted by Crippen LogP contribution is 2.11. The standard InChI is InChI=1S/C14H22N4O2/c1-11(10-18-7-3-4-8-18)9-15-13-6-5-12(16-17-13)14(19)20-2/h5-6,11H,3-4,7-10H2,1-2H3,(H,15,17). The van der Waals surface area contributed by atoms with Crippen LogP contribution in [0.3, 0.4) is 0 Å². The van der Waals surface area contributed by atoms with E-state index in [2.05, 4.69) is 32.1 Å². The molecule has 2 rings (SSSR count). The summed E-state index contributed by atoms with van der Waals surface area (Å²) in [5.74, 6) is 0.771. The van der Waals surface area contributed by atoms with Gasteiger partial charge in [-0.3, -0.25) is 0 Å². The molecule has 1 N–H and O–H groups in total. The summed E-state index contributed by atoms with van der Waals surface area (Å²) in [6.45, 7) is 6.63. The van der Waals surface area contributed by atoms with Crippen molar-refractivity contribution in [2.45, 2.75) is 19.8 Å². The molecule has 1 unspecified atom stereocenters. The van der Waals surface area contributed by atoms with Crippen LogP contribution in [0.5, 0.6) is 0 Å². The largest absolute Gasteiger partial charge is 0.464 e. The van der Waals surface area contributed by atoms with Gasteiger partial charge >= 0.3 is 5.97 Å². The van der Waals surface area contributed by atoms with Crippen LogP contribution in [0, 0.1) is 5.92 Å². The van der Waals surface area contributed by atoms with Crippen molar-refractivity contribution in [1.82, 2.24) is 15.1 Å². The first-order chi connectivity index (χ1) is 9.69. The van der Waals surface area contributed by atoms with Crippen molar-refractivity contribution in [3.8, 4) is 0 Å². The smallest absolute Gasteiger partial charge is 0.358 e. The molecular weight excluding hydrogens is 256 g/mol. The number of methoxy groups -OCH3 is 1. The molecule has 0 amide bonds. The highest BCUT2D eigenvalue weighted by Gasteiger charge is 2.14. The number of carbonyl (C=O) groups is 1. The number of nitrogens with one attached hydrogen (secondary N) is 1. The van der Waals surface area contributed by atoms with Crippen LogP contribution in [0.1, 0.15) is 30.3 Å². The Kier molecular flexibility index (Phi) is 5.29. The number of nitrogens with zero attached hydrogens (tertiary/aromatic N) is 3. The molecule has 0 aromatic carbocycles. The number of aromatic nitrogens is 2. The Morgan fingerprint density at radius 1 is 1.40 bits per heavy atom. The van der Waals surface area contributed by atoms with Gasteiger partial charge in [-0.05, 0) is 44.0 Å². The molecule has 1 fully saturated rings. The Balaban J connectivity index is 1.76. The van der Waals surface area contributed by atoms with Crippen molar-refractivity contribution in [3.63, 3.8) is 0 Å². The van der Waals surface area contributed by atoms with E-state index in [-0.39, 0.29) is 5.69 Å². The van der Waals surface area contributed by atoms with Crippen molar-refractivity contribution < 1.29 is 9.53 Å². The summed E-state index contributed by atoms with van der Waals surface area (Å²) in [4.78, 5) is 13.7. The third kappa shape index (κ3) is 4.16. The summed E-state index contributed by atoms with van der Waals surface area (Å²) in [7, 11) is 1.33. The van der Waals surface area contributed by atoms with Gasteiger partial charge in [0.25, 0.3) is 0 Å². The third-order valence-corrected chi connectivity index (χ3v) is 3.46. The van der Waals surface area contributed by atoms with Crippen molar-refractivity contribution in [2.24, 2.45) is 5.92 Å². The Morgan fingerprint density at radius 2 is 2.15 bits per heavy atom. The summed E-state index contributed by atoms with van der Waals surface area (Å²) in [5.41, 5.74) is 0.225. The van der Waals surface area contributed by atoms with Gasteiger partial charge in [-0.15, -0.1) is 10.2 Å². The first-order valence-electron chi connectivity index (χ1n) is 7.07. The van der Waals surface area contributed by atoms with E-state index in [1.165, 1.54) is 33.0 Å². The van der Waals surface area contributed by atoms with Crippen molar-refractivity contribution in [2.75, 3.05) is 38.6 Å². The Bertz CT molecular complexity index is 429. The van der Waals surface area contributed by atoms with Crippen LogP contribution in [0.4, 0.5) is 5.82 Å². The van der Waals surface area contributed by atoms with Crippen LogP contribution < -0.4 is 5.32 Å². The minimum Gasteiger partial charge on any atom is -0.464 e. The molecule has 0 radical (unpaired) electrons. The lowest BCUT2D eigenvalue weighted by atomic mass is 10.1. The molecule has 6 nitrogen and oxygen atoms in total. The molecule has 110 valence electrons. The van der Waals surface area contributed by atoms with Gasteiger partial charge in [0.15, 0.2) is 5.69 Å². The van der Waals surface area contributed by atoms with Crippen LogP contribution in [0.15, 0.2) is 12.1 Å². The first-order valence-corrected chi connectivity index (χ1v) is 7.07. The molecule has 0 saturated carbocycles. The highest BCUT2D eigenvalue weighted by molar-refractivity contribution is 5.86. The van der Waals surface area contributed by atoms with E-state index in [0.29, 0.717) is 11.7 Å². The van der Waals surface area contributed by atoms with E-state index in [4.69, 9.17) is 0 Å². The number of anilines is 1. The molecule has 2 heterocycles.